The van der Waals surface area contributed by atoms with Gasteiger partial charge in [-0.15, -0.1) is 0 Å². The van der Waals surface area contributed by atoms with Crippen LogP contribution >= 0.6 is 0 Å². The molecule has 0 fully saturated rings. The number of rotatable bonds is 6. The van der Waals surface area contributed by atoms with Crippen molar-refractivity contribution < 1.29 is 4.79 Å². The highest BCUT2D eigenvalue weighted by atomic mass is 16.2. The second-order valence-corrected chi connectivity index (χ2v) is 6.13. The number of aromatic nitrogens is 2. The first-order chi connectivity index (χ1) is 10.9. The molecule has 0 amide bonds. The molecule has 0 aliphatic heterocycles. The van der Waals surface area contributed by atoms with E-state index < -0.39 is 5.56 Å². The third-order valence-electron chi connectivity index (χ3n) is 3.75. The van der Waals surface area contributed by atoms with Gasteiger partial charge in [0.05, 0.1) is 12.1 Å². The van der Waals surface area contributed by atoms with Gasteiger partial charge >= 0.3 is 5.69 Å². The number of aryl methyl sites for hydroxylation is 1. The van der Waals surface area contributed by atoms with E-state index in [-0.39, 0.29) is 23.6 Å². The minimum atomic E-state index is -0.521. The standard InChI is InChI=1S/C18H22N2O3/c1-13(2)9-10-19-12-16(14(3)21)17(22)20(18(19)23)11-15-7-5-4-6-8-15/h4-8,12-13H,9-11H2,1-3H3. The number of benzene rings is 1. The quantitative estimate of drug-likeness (QED) is 0.769. The molecule has 122 valence electrons. The van der Waals surface area contributed by atoms with E-state index in [0.29, 0.717) is 12.5 Å². The fraction of sp³-hybridized carbons (Fsp3) is 0.389. The fourth-order valence-corrected chi connectivity index (χ4v) is 2.36. The summed E-state index contributed by atoms with van der Waals surface area (Å²) >= 11 is 0. The second kappa shape index (κ2) is 7.22. The predicted octanol–water partition coefficient (Wildman–Crippen LogP) is 2.31. The Hall–Kier alpha value is -2.43. The van der Waals surface area contributed by atoms with Crippen LogP contribution in [0.5, 0.6) is 0 Å². The summed E-state index contributed by atoms with van der Waals surface area (Å²) in [6.07, 6.45) is 2.21. The molecule has 0 aliphatic rings. The average Bonchev–Trinajstić information content (AvgIpc) is 2.51. The van der Waals surface area contributed by atoms with Gasteiger partial charge in [-0.1, -0.05) is 44.2 Å². The molecule has 0 unspecified atom stereocenters. The molecule has 23 heavy (non-hydrogen) atoms. The van der Waals surface area contributed by atoms with E-state index in [0.717, 1.165) is 16.6 Å². The van der Waals surface area contributed by atoms with E-state index in [1.165, 1.54) is 17.7 Å². The van der Waals surface area contributed by atoms with Crippen LogP contribution in [0, 0.1) is 5.92 Å². The Morgan fingerprint density at radius 2 is 1.78 bits per heavy atom. The highest BCUT2D eigenvalue weighted by Gasteiger charge is 2.15. The summed E-state index contributed by atoms with van der Waals surface area (Å²) in [4.78, 5) is 36.8. The largest absolute Gasteiger partial charge is 0.331 e. The number of carbonyl (C=O) groups is 1. The number of hydrogen-bond acceptors (Lipinski definition) is 3. The molecule has 2 aromatic rings. The molecule has 1 heterocycles. The molecule has 5 nitrogen and oxygen atoms in total. The number of ketones is 1. The molecule has 0 aliphatic carbocycles. The highest BCUT2D eigenvalue weighted by Crippen LogP contribution is 2.03. The van der Waals surface area contributed by atoms with Gasteiger partial charge in [0, 0.05) is 12.7 Å². The van der Waals surface area contributed by atoms with Gasteiger partial charge in [-0.2, -0.15) is 0 Å². The van der Waals surface area contributed by atoms with Gasteiger partial charge in [-0.25, -0.2) is 4.79 Å². The van der Waals surface area contributed by atoms with E-state index in [4.69, 9.17) is 0 Å². The summed E-state index contributed by atoms with van der Waals surface area (Å²) in [5.41, 5.74) is 0.0174. The zero-order chi connectivity index (χ0) is 17.0. The average molecular weight is 314 g/mol. The smallest absolute Gasteiger partial charge is 0.300 e. The van der Waals surface area contributed by atoms with Crippen molar-refractivity contribution in [1.29, 1.82) is 0 Å². The number of nitrogens with zero attached hydrogens (tertiary/aromatic N) is 2. The van der Waals surface area contributed by atoms with Crippen molar-refractivity contribution >= 4 is 5.78 Å². The van der Waals surface area contributed by atoms with E-state index in [1.807, 2.05) is 30.3 Å². The Morgan fingerprint density at radius 1 is 1.13 bits per heavy atom. The number of carbonyl (C=O) groups excluding carboxylic acids is 1. The molecule has 1 aromatic heterocycles. The van der Waals surface area contributed by atoms with Gasteiger partial charge < -0.3 is 0 Å². The van der Waals surface area contributed by atoms with Crippen molar-refractivity contribution in [1.82, 2.24) is 9.13 Å². The molecule has 1 aromatic carbocycles. The van der Waals surface area contributed by atoms with Crippen molar-refractivity contribution in [3.05, 3.63) is 68.5 Å². The van der Waals surface area contributed by atoms with Gasteiger partial charge in [-0.3, -0.25) is 18.7 Å². The molecule has 2 rings (SSSR count). The lowest BCUT2D eigenvalue weighted by Crippen LogP contribution is -2.42. The Labute approximate surface area is 135 Å². The molecular weight excluding hydrogens is 292 g/mol. The molecule has 0 saturated heterocycles. The van der Waals surface area contributed by atoms with Crippen LogP contribution in [-0.2, 0) is 13.1 Å². The topological polar surface area (TPSA) is 61.1 Å². The van der Waals surface area contributed by atoms with Crippen molar-refractivity contribution in [3.63, 3.8) is 0 Å². The zero-order valence-electron chi connectivity index (χ0n) is 13.8. The van der Waals surface area contributed by atoms with Gasteiger partial charge in [0.25, 0.3) is 5.56 Å². The molecular formula is C18H22N2O3. The maximum atomic E-state index is 12.6. The van der Waals surface area contributed by atoms with Crippen molar-refractivity contribution in [3.8, 4) is 0 Å². The first-order valence-corrected chi connectivity index (χ1v) is 7.79. The van der Waals surface area contributed by atoms with Crippen molar-refractivity contribution in [2.75, 3.05) is 0 Å². The highest BCUT2D eigenvalue weighted by molar-refractivity contribution is 5.93. The van der Waals surface area contributed by atoms with Crippen LogP contribution in [0.25, 0.3) is 0 Å². The third kappa shape index (κ3) is 4.06. The van der Waals surface area contributed by atoms with Crippen LogP contribution in [0.15, 0.2) is 46.1 Å². The Kier molecular flexibility index (Phi) is 5.32. The van der Waals surface area contributed by atoms with E-state index in [1.54, 1.807) is 0 Å². The minimum Gasteiger partial charge on any atom is -0.300 e. The SMILES string of the molecule is CC(=O)c1cn(CCC(C)C)c(=O)n(Cc2ccccc2)c1=O. The fourth-order valence-electron chi connectivity index (χ4n) is 2.36. The van der Waals surface area contributed by atoms with Crippen molar-refractivity contribution in [2.45, 2.75) is 40.3 Å². The third-order valence-corrected chi connectivity index (χ3v) is 3.75. The van der Waals surface area contributed by atoms with Crippen LogP contribution in [0.2, 0.25) is 0 Å². The summed E-state index contributed by atoms with van der Waals surface area (Å²) in [5.74, 6) is 0.104. The Balaban J connectivity index is 2.52. The maximum absolute atomic E-state index is 12.6. The lowest BCUT2D eigenvalue weighted by atomic mass is 10.1. The summed E-state index contributed by atoms with van der Waals surface area (Å²) in [6.45, 7) is 6.14. The van der Waals surface area contributed by atoms with Crippen LogP contribution in [0.3, 0.4) is 0 Å². The van der Waals surface area contributed by atoms with Gasteiger partial charge in [0.1, 0.15) is 0 Å². The van der Waals surface area contributed by atoms with Crippen LogP contribution in [-0.4, -0.2) is 14.9 Å². The van der Waals surface area contributed by atoms with E-state index in [9.17, 15) is 14.4 Å². The Morgan fingerprint density at radius 3 is 2.35 bits per heavy atom. The normalized spacial score (nSPS) is 11.0. The summed E-state index contributed by atoms with van der Waals surface area (Å²) in [6, 6.07) is 9.29. The first-order valence-electron chi connectivity index (χ1n) is 7.79. The number of Topliss-reactive ketones (excluding diaryl/α,β-unsaturated/α-hetero) is 1. The monoisotopic (exact) mass is 314 g/mol. The molecule has 0 N–H and O–H groups in total. The van der Waals surface area contributed by atoms with E-state index >= 15 is 0 Å². The zero-order valence-corrected chi connectivity index (χ0v) is 13.8. The van der Waals surface area contributed by atoms with Gasteiger partial charge in [-0.05, 0) is 24.8 Å². The van der Waals surface area contributed by atoms with Crippen molar-refractivity contribution in [2.24, 2.45) is 5.92 Å². The van der Waals surface area contributed by atoms with Crippen LogP contribution < -0.4 is 11.2 Å². The maximum Gasteiger partial charge on any atom is 0.331 e. The molecule has 0 spiro atoms. The summed E-state index contributed by atoms with van der Waals surface area (Å²) in [5, 5.41) is 0. The lowest BCUT2D eigenvalue weighted by molar-refractivity contribution is 0.101. The lowest BCUT2D eigenvalue weighted by Gasteiger charge is -2.13. The molecule has 0 bridgehead atoms. The molecule has 0 radical (unpaired) electrons. The molecule has 0 atom stereocenters. The predicted molar refractivity (Wildman–Crippen MR) is 90.0 cm³/mol. The second-order valence-electron chi connectivity index (χ2n) is 6.13. The molecule has 5 heteroatoms. The molecule has 0 saturated carbocycles. The number of hydrogen-bond donors (Lipinski definition) is 0. The summed E-state index contributed by atoms with van der Waals surface area (Å²) in [7, 11) is 0. The van der Waals surface area contributed by atoms with Gasteiger partial charge in [0.15, 0.2) is 5.78 Å². The first kappa shape index (κ1) is 16.9. The van der Waals surface area contributed by atoms with Crippen LogP contribution in [0.1, 0.15) is 43.1 Å². The van der Waals surface area contributed by atoms with E-state index in [2.05, 4.69) is 13.8 Å². The summed E-state index contributed by atoms with van der Waals surface area (Å²) < 4.78 is 2.62. The van der Waals surface area contributed by atoms with Gasteiger partial charge in [0.2, 0.25) is 0 Å². The Bertz CT molecular complexity index is 801. The van der Waals surface area contributed by atoms with Crippen LogP contribution in [0.4, 0.5) is 0 Å². The minimum absolute atomic E-state index is 0.0595.